The topological polar surface area (TPSA) is 55.8 Å². The van der Waals surface area contributed by atoms with E-state index in [1.807, 2.05) is 36.4 Å². The van der Waals surface area contributed by atoms with Gasteiger partial charge in [0.2, 0.25) is 0 Å². The molecule has 0 amide bonds. The highest BCUT2D eigenvalue weighted by atomic mass is 35.5. The highest BCUT2D eigenvalue weighted by Gasteiger charge is 2.32. The molecule has 25 heavy (non-hydrogen) atoms. The second-order valence-corrected chi connectivity index (χ2v) is 8.02. The minimum Gasteiger partial charge on any atom is -0.489 e. The number of carbonyl (C=O) groups is 1. The Kier molecular flexibility index (Phi) is 5.16. The summed E-state index contributed by atoms with van der Waals surface area (Å²) in [5.41, 5.74) is 1.80. The molecule has 0 bridgehead atoms. The molecule has 4 nitrogen and oxygen atoms in total. The molecule has 0 aromatic heterocycles. The van der Waals surface area contributed by atoms with E-state index < -0.39 is 5.97 Å². The van der Waals surface area contributed by atoms with Crippen molar-refractivity contribution in [2.75, 3.05) is 5.75 Å². The number of benzene rings is 2. The maximum absolute atomic E-state index is 10.6. The van der Waals surface area contributed by atoms with E-state index in [9.17, 15) is 4.79 Å². The van der Waals surface area contributed by atoms with Crippen LogP contribution >= 0.6 is 23.4 Å². The van der Waals surface area contributed by atoms with Crippen molar-refractivity contribution in [3.63, 3.8) is 0 Å². The second kappa shape index (κ2) is 7.18. The van der Waals surface area contributed by atoms with Crippen LogP contribution in [0.15, 0.2) is 41.3 Å². The fraction of sp³-hybridized carbons (Fsp3) is 0.316. The summed E-state index contributed by atoms with van der Waals surface area (Å²) in [6.07, 6.45) is 0.825. The average Bonchev–Trinajstić information content (AvgIpc) is 2.85. The first kappa shape index (κ1) is 18.0. The Bertz CT molecular complexity index is 787. The van der Waals surface area contributed by atoms with Gasteiger partial charge in [0.15, 0.2) is 0 Å². The van der Waals surface area contributed by atoms with E-state index in [-0.39, 0.29) is 11.4 Å². The minimum atomic E-state index is -0.830. The third-order valence-electron chi connectivity index (χ3n) is 3.78. The van der Waals surface area contributed by atoms with Gasteiger partial charge in [-0.25, -0.2) is 0 Å². The fourth-order valence-electron chi connectivity index (χ4n) is 2.79. The van der Waals surface area contributed by atoms with Crippen molar-refractivity contribution in [1.82, 2.24) is 0 Å². The zero-order valence-electron chi connectivity index (χ0n) is 14.0. The number of thioether (sulfide) groups is 1. The number of hydrogen-bond donors (Lipinski definition) is 1. The number of rotatable bonds is 6. The van der Waals surface area contributed by atoms with Crippen LogP contribution in [0.5, 0.6) is 11.5 Å². The molecule has 1 aliphatic rings. The molecular weight excluding hydrogens is 360 g/mol. The van der Waals surface area contributed by atoms with Crippen LogP contribution in [0.4, 0.5) is 0 Å². The SMILES string of the molecule is CC1(C)Cc2cc(Cl)cc(COc3ccc(SCC(=O)O)cc3)c2O1. The third kappa shape index (κ3) is 4.61. The molecule has 0 aliphatic carbocycles. The minimum absolute atomic E-state index is 0.0436. The van der Waals surface area contributed by atoms with Gasteiger partial charge >= 0.3 is 5.97 Å². The molecule has 6 heteroatoms. The monoisotopic (exact) mass is 378 g/mol. The fourth-order valence-corrected chi connectivity index (χ4v) is 3.67. The first-order valence-electron chi connectivity index (χ1n) is 7.90. The van der Waals surface area contributed by atoms with E-state index in [1.54, 1.807) is 0 Å². The van der Waals surface area contributed by atoms with Crippen LogP contribution in [0.3, 0.4) is 0 Å². The van der Waals surface area contributed by atoms with Gasteiger partial charge in [-0.15, -0.1) is 11.8 Å². The third-order valence-corrected chi connectivity index (χ3v) is 5.00. The van der Waals surface area contributed by atoms with Gasteiger partial charge in [0, 0.05) is 21.9 Å². The molecule has 0 atom stereocenters. The van der Waals surface area contributed by atoms with Crippen LogP contribution in [0.2, 0.25) is 5.02 Å². The summed E-state index contributed by atoms with van der Waals surface area (Å²) >= 11 is 7.50. The number of ether oxygens (including phenoxy) is 2. The lowest BCUT2D eigenvalue weighted by Crippen LogP contribution is -2.24. The lowest BCUT2D eigenvalue weighted by Gasteiger charge is -2.18. The van der Waals surface area contributed by atoms with E-state index in [0.717, 1.165) is 28.2 Å². The number of carboxylic acids is 1. The van der Waals surface area contributed by atoms with Gasteiger partial charge in [-0.2, -0.15) is 0 Å². The van der Waals surface area contributed by atoms with Crippen LogP contribution in [0.1, 0.15) is 25.0 Å². The smallest absolute Gasteiger partial charge is 0.313 e. The summed E-state index contributed by atoms with van der Waals surface area (Å²) in [5, 5.41) is 9.39. The summed E-state index contributed by atoms with van der Waals surface area (Å²) < 4.78 is 11.9. The van der Waals surface area contributed by atoms with Crippen LogP contribution < -0.4 is 9.47 Å². The number of aliphatic carboxylic acids is 1. The zero-order chi connectivity index (χ0) is 18.0. The van der Waals surface area contributed by atoms with Crippen molar-refractivity contribution in [1.29, 1.82) is 0 Å². The van der Waals surface area contributed by atoms with Crippen molar-refractivity contribution < 1.29 is 19.4 Å². The molecule has 1 heterocycles. The predicted molar refractivity (Wildman–Crippen MR) is 99.0 cm³/mol. The predicted octanol–water partition coefficient (Wildman–Crippen LogP) is 4.81. The molecule has 2 aromatic rings. The quantitative estimate of drug-likeness (QED) is 0.731. The number of halogens is 1. The van der Waals surface area contributed by atoms with Gasteiger partial charge in [0.05, 0.1) is 5.75 Å². The van der Waals surface area contributed by atoms with Gasteiger partial charge in [0.1, 0.15) is 23.7 Å². The van der Waals surface area contributed by atoms with Crippen molar-refractivity contribution in [2.24, 2.45) is 0 Å². The molecule has 0 fully saturated rings. The average molecular weight is 379 g/mol. The molecule has 1 N–H and O–H groups in total. The van der Waals surface area contributed by atoms with Crippen LogP contribution in [-0.4, -0.2) is 22.4 Å². The van der Waals surface area contributed by atoms with Gasteiger partial charge in [-0.3, -0.25) is 4.79 Å². The molecule has 2 aromatic carbocycles. The van der Waals surface area contributed by atoms with E-state index in [0.29, 0.717) is 17.4 Å². The normalized spacial score (nSPS) is 14.7. The second-order valence-electron chi connectivity index (χ2n) is 6.53. The van der Waals surface area contributed by atoms with E-state index in [1.165, 1.54) is 11.8 Å². The summed E-state index contributed by atoms with van der Waals surface area (Å²) in [5.74, 6) is 0.791. The van der Waals surface area contributed by atoms with Gasteiger partial charge in [-0.05, 0) is 55.8 Å². The molecule has 0 radical (unpaired) electrons. The lowest BCUT2D eigenvalue weighted by atomic mass is 10.0. The molecular formula is C19H19ClO4S. The summed E-state index contributed by atoms with van der Waals surface area (Å²) in [4.78, 5) is 11.5. The van der Waals surface area contributed by atoms with Gasteiger partial charge in [0.25, 0.3) is 0 Å². The van der Waals surface area contributed by atoms with Crippen LogP contribution in [0.25, 0.3) is 0 Å². The van der Waals surface area contributed by atoms with Gasteiger partial charge in [-0.1, -0.05) is 11.6 Å². The number of fused-ring (bicyclic) bond motifs is 1. The summed E-state index contributed by atoms with van der Waals surface area (Å²) in [6.45, 7) is 4.47. The van der Waals surface area contributed by atoms with Crippen molar-refractivity contribution in [3.05, 3.63) is 52.5 Å². The number of hydrogen-bond acceptors (Lipinski definition) is 4. The van der Waals surface area contributed by atoms with Crippen molar-refractivity contribution >= 4 is 29.3 Å². The molecule has 0 saturated heterocycles. The molecule has 0 spiro atoms. The Morgan fingerprint density at radius 2 is 2.04 bits per heavy atom. The van der Waals surface area contributed by atoms with Crippen LogP contribution in [-0.2, 0) is 17.8 Å². The van der Waals surface area contributed by atoms with Crippen molar-refractivity contribution in [2.45, 2.75) is 37.4 Å². The first-order chi connectivity index (χ1) is 11.8. The Hall–Kier alpha value is -1.85. The first-order valence-corrected chi connectivity index (χ1v) is 9.26. The molecule has 3 rings (SSSR count). The Morgan fingerprint density at radius 1 is 1.32 bits per heavy atom. The van der Waals surface area contributed by atoms with Crippen molar-refractivity contribution in [3.8, 4) is 11.5 Å². The Labute approximate surface area is 156 Å². The maximum atomic E-state index is 10.6. The molecule has 0 unspecified atom stereocenters. The lowest BCUT2D eigenvalue weighted by molar-refractivity contribution is -0.133. The standard InChI is InChI=1S/C19H19ClO4S/c1-19(2)9-12-7-14(20)8-13(18(12)24-19)10-23-15-3-5-16(6-4-15)25-11-17(21)22/h3-8H,9-11H2,1-2H3,(H,21,22). The summed E-state index contributed by atoms with van der Waals surface area (Å²) in [7, 11) is 0. The molecule has 0 saturated carbocycles. The highest BCUT2D eigenvalue weighted by molar-refractivity contribution is 8.00. The maximum Gasteiger partial charge on any atom is 0.313 e. The van der Waals surface area contributed by atoms with E-state index >= 15 is 0 Å². The molecule has 1 aliphatic heterocycles. The van der Waals surface area contributed by atoms with Gasteiger partial charge < -0.3 is 14.6 Å². The van der Waals surface area contributed by atoms with Crippen LogP contribution in [0, 0.1) is 0 Å². The largest absolute Gasteiger partial charge is 0.489 e. The Balaban J connectivity index is 1.67. The van der Waals surface area contributed by atoms with E-state index in [4.69, 9.17) is 26.2 Å². The Morgan fingerprint density at radius 3 is 2.72 bits per heavy atom. The number of carboxylic acid groups (broad SMARTS) is 1. The zero-order valence-corrected chi connectivity index (χ0v) is 15.6. The van der Waals surface area contributed by atoms with E-state index in [2.05, 4.69) is 13.8 Å². The highest BCUT2D eigenvalue weighted by Crippen LogP contribution is 2.40. The summed E-state index contributed by atoms with van der Waals surface area (Å²) in [6, 6.07) is 11.2. The molecule has 132 valence electrons.